The molecule has 0 aliphatic carbocycles. The predicted octanol–water partition coefficient (Wildman–Crippen LogP) is 3.00. The standard InChI is InChI=1S/C19H35NO6S/c1-7-9-10-11-15(18(24)26-19(4,5)6)27-12-14(17(23)25-8-2)20-13(3)16(21)22/h13-15,20H,7-12H2,1-6H3,(H,21,22)/t13-,14+,15-/m1/s1. The van der Waals surface area contributed by atoms with E-state index < -0.39 is 34.9 Å². The Morgan fingerprint density at radius 2 is 1.74 bits per heavy atom. The van der Waals surface area contributed by atoms with Gasteiger partial charge in [-0.1, -0.05) is 26.2 Å². The van der Waals surface area contributed by atoms with Gasteiger partial charge in [0.15, 0.2) is 0 Å². The molecule has 0 fully saturated rings. The van der Waals surface area contributed by atoms with Crippen LogP contribution in [-0.4, -0.2) is 58.3 Å². The Kier molecular flexibility index (Phi) is 12.4. The van der Waals surface area contributed by atoms with Gasteiger partial charge in [-0.25, -0.2) is 0 Å². The molecule has 0 radical (unpaired) electrons. The Morgan fingerprint density at radius 1 is 1.11 bits per heavy atom. The topological polar surface area (TPSA) is 102 Å². The highest BCUT2D eigenvalue weighted by Gasteiger charge is 2.30. The highest BCUT2D eigenvalue weighted by Crippen LogP contribution is 2.23. The fraction of sp³-hybridized carbons (Fsp3) is 0.842. The van der Waals surface area contributed by atoms with Crippen molar-refractivity contribution >= 4 is 29.7 Å². The highest BCUT2D eigenvalue weighted by molar-refractivity contribution is 8.00. The fourth-order valence-electron chi connectivity index (χ4n) is 2.23. The summed E-state index contributed by atoms with van der Waals surface area (Å²) < 4.78 is 10.5. The Labute approximate surface area is 166 Å². The lowest BCUT2D eigenvalue weighted by Crippen LogP contribution is -2.48. The normalized spacial score (nSPS) is 14.9. The quantitative estimate of drug-likeness (QED) is 0.356. The van der Waals surface area contributed by atoms with E-state index in [0.29, 0.717) is 6.42 Å². The summed E-state index contributed by atoms with van der Waals surface area (Å²) in [5, 5.41) is 11.4. The van der Waals surface area contributed by atoms with Gasteiger partial charge in [0, 0.05) is 5.75 Å². The third kappa shape index (κ3) is 11.9. The Balaban J connectivity index is 5.05. The molecule has 8 heteroatoms. The highest BCUT2D eigenvalue weighted by atomic mass is 32.2. The number of esters is 2. The van der Waals surface area contributed by atoms with E-state index in [9.17, 15) is 14.4 Å². The molecule has 0 saturated carbocycles. The van der Waals surface area contributed by atoms with Crippen molar-refractivity contribution in [2.24, 2.45) is 0 Å². The average molecular weight is 406 g/mol. The van der Waals surface area contributed by atoms with Gasteiger partial charge in [0.1, 0.15) is 22.9 Å². The number of rotatable bonds is 13. The zero-order valence-corrected chi connectivity index (χ0v) is 18.2. The van der Waals surface area contributed by atoms with E-state index in [4.69, 9.17) is 14.6 Å². The van der Waals surface area contributed by atoms with Crippen LogP contribution >= 0.6 is 11.8 Å². The summed E-state index contributed by atoms with van der Waals surface area (Å²) in [7, 11) is 0. The minimum absolute atomic E-state index is 0.203. The summed E-state index contributed by atoms with van der Waals surface area (Å²) in [5.74, 6) is -1.65. The Bertz CT molecular complexity index is 477. The van der Waals surface area contributed by atoms with Crippen LogP contribution in [0.3, 0.4) is 0 Å². The number of thioether (sulfide) groups is 1. The van der Waals surface area contributed by atoms with Gasteiger partial charge in [-0.3, -0.25) is 19.7 Å². The molecule has 0 aromatic carbocycles. The molecule has 0 rings (SSSR count). The lowest BCUT2D eigenvalue weighted by molar-refractivity contribution is -0.154. The van der Waals surface area contributed by atoms with Gasteiger partial charge in [0.05, 0.1) is 6.61 Å². The molecule has 0 amide bonds. The number of carboxylic acids is 1. The number of aliphatic carboxylic acids is 1. The summed E-state index contributed by atoms with van der Waals surface area (Å²) in [4.78, 5) is 35.8. The van der Waals surface area contributed by atoms with Gasteiger partial charge in [0.25, 0.3) is 0 Å². The van der Waals surface area contributed by atoms with Crippen LogP contribution < -0.4 is 5.32 Å². The maximum Gasteiger partial charge on any atom is 0.324 e. The zero-order valence-electron chi connectivity index (χ0n) is 17.4. The van der Waals surface area contributed by atoms with E-state index in [1.807, 2.05) is 20.8 Å². The van der Waals surface area contributed by atoms with Crippen molar-refractivity contribution in [2.75, 3.05) is 12.4 Å². The molecule has 158 valence electrons. The Morgan fingerprint density at radius 3 is 2.22 bits per heavy atom. The number of hydrogen-bond donors (Lipinski definition) is 2. The monoisotopic (exact) mass is 405 g/mol. The second-order valence-corrected chi connectivity index (χ2v) is 8.62. The van der Waals surface area contributed by atoms with E-state index in [2.05, 4.69) is 12.2 Å². The molecule has 27 heavy (non-hydrogen) atoms. The fourth-order valence-corrected chi connectivity index (χ4v) is 3.40. The first kappa shape index (κ1) is 25.7. The largest absolute Gasteiger partial charge is 0.480 e. The van der Waals surface area contributed by atoms with Crippen LogP contribution in [0.2, 0.25) is 0 Å². The van der Waals surface area contributed by atoms with Crippen molar-refractivity contribution in [3.63, 3.8) is 0 Å². The molecular formula is C19H35NO6S. The number of unbranched alkanes of at least 4 members (excludes halogenated alkanes) is 2. The van der Waals surface area contributed by atoms with Crippen LogP contribution in [0.15, 0.2) is 0 Å². The van der Waals surface area contributed by atoms with Crippen LogP contribution in [0.4, 0.5) is 0 Å². The molecule has 0 bridgehead atoms. The van der Waals surface area contributed by atoms with Crippen LogP contribution in [0.1, 0.15) is 67.2 Å². The summed E-state index contributed by atoms with van der Waals surface area (Å²) >= 11 is 1.31. The molecule has 0 saturated heterocycles. The molecule has 0 aromatic rings. The third-order valence-corrected chi connectivity index (χ3v) is 4.95. The van der Waals surface area contributed by atoms with Gasteiger partial charge in [-0.05, 0) is 41.0 Å². The smallest absolute Gasteiger partial charge is 0.324 e. The number of carbonyl (C=O) groups excluding carboxylic acids is 2. The molecule has 7 nitrogen and oxygen atoms in total. The van der Waals surface area contributed by atoms with Gasteiger partial charge in [-0.15, -0.1) is 11.8 Å². The third-order valence-electron chi connectivity index (χ3n) is 3.60. The first-order chi connectivity index (χ1) is 12.5. The van der Waals surface area contributed by atoms with Gasteiger partial charge < -0.3 is 14.6 Å². The minimum Gasteiger partial charge on any atom is -0.480 e. The van der Waals surface area contributed by atoms with E-state index in [0.717, 1.165) is 19.3 Å². The summed E-state index contributed by atoms with van der Waals surface area (Å²) in [6.45, 7) is 10.9. The summed E-state index contributed by atoms with van der Waals surface area (Å²) in [6.07, 6.45) is 3.58. The SMILES string of the molecule is CCCCC[C@@H](SC[C@H](N[C@H](C)C(=O)O)C(=O)OCC)C(=O)OC(C)(C)C. The lowest BCUT2D eigenvalue weighted by atomic mass is 10.1. The van der Waals surface area contributed by atoms with Crippen LogP contribution in [0, 0.1) is 0 Å². The van der Waals surface area contributed by atoms with E-state index >= 15 is 0 Å². The number of carboxylic acid groups (broad SMARTS) is 1. The second-order valence-electron chi connectivity index (χ2n) is 7.38. The van der Waals surface area contributed by atoms with Crippen molar-refractivity contribution in [2.45, 2.75) is 90.2 Å². The average Bonchev–Trinajstić information content (AvgIpc) is 2.54. The van der Waals surface area contributed by atoms with Crippen LogP contribution in [-0.2, 0) is 23.9 Å². The number of nitrogens with one attached hydrogen (secondary N) is 1. The van der Waals surface area contributed by atoms with E-state index in [1.165, 1.54) is 18.7 Å². The first-order valence-electron chi connectivity index (χ1n) is 9.51. The molecular weight excluding hydrogens is 370 g/mol. The van der Waals surface area contributed by atoms with Gasteiger partial charge in [0.2, 0.25) is 0 Å². The second kappa shape index (κ2) is 13.0. The predicted molar refractivity (Wildman–Crippen MR) is 107 cm³/mol. The number of ether oxygens (including phenoxy) is 2. The number of hydrogen-bond acceptors (Lipinski definition) is 7. The van der Waals surface area contributed by atoms with Gasteiger partial charge >= 0.3 is 17.9 Å². The van der Waals surface area contributed by atoms with Crippen molar-refractivity contribution in [3.8, 4) is 0 Å². The molecule has 0 aliphatic heterocycles. The maximum atomic E-state index is 12.5. The zero-order chi connectivity index (χ0) is 21.0. The van der Waals surface area contributed by atoms with Gasteiger partial charge in [-0.2, -0.15) is 0 Å². The molecule has 0 unspecified atom stereocenters. The van der Waals surface area contributed by atoms with Crippen molar-refractivity contribution in [1.29, 1.82) is 0 Å². The summed E-state index contributed by atoms with van der Waals surface area (Å²) in [5.41, 5.74) is -0.586. The van der Waals surface area contributed by atoms with E-state index in [-0.39, 0.29) is 18.3 Å². The lowest BCUT2D eigenvalue weighted by Gasteiger charge is -2.25. The Hall–Kier alpha value is -1.28. The van der Waals surface area contributed by atoms with Crippen LogP contribution in [0.25, 0.3) is 0 Å². The van der Waals surface area contributed by atoms with E-state index in [1.54, 1.807) is 6.92 Å². The molecule has 0 spiro atoms. The molecule has 0 heterocycles. The van der Waals surface area contributed by atoms with Crippen molar-refractivity contribution < 1.29 is 29.0 Å². The summed E-state index contributed by atoms with van der Waals surface area (Å²) in [6, 6.07) is -1.71. The van der Waals surface area contributed by atoms with Crippen molar-refractivity contribution in [1.82, 2.24) is 5.32 Å². The van der Waals surface area contributed by atoms with Crippen molar-refractivity contribution in [3.05, 3.63) is 0 Å². The molecule has 0 aromatic heterocycles. The molecule has 3 atom stereocenters. The molecule has 0 aliphatic rings. The number of carbonyl (C=O) groups is 3. The first-order valence-corrected chi connectivity index (χ1v) is 10.6. The molecule has 2 N–H and O–H groups in total. The minimum atomic E-state index is -1.05. The maximum absolute atomic E-state index is 12.5. The van der Waals surface area contributed by atoms with Crippen LogP contribution in [0.5, 0.6) is 0 Å².